The third kappa shape index (κ3) is 1.57. The van der Waals surface area contributed by atoms with Gasteiger partial charge < -0.3 is 4.74 Å². The summed E-state index contributed by atoms with van der Waals surface area (Å²) in [6, 6.07) is 6.06. The molecule has 1 aliphatic carbocycles. The van der Waals surface area contributed by atoms with Crippen LogP contribution in [0, 0.1) is 0 Å². The van der Waals surface area contributed by atoms with Crippen LogP contribution in [0.5, 0.6) is 0 Å². The quantitative estimate of drug-likeness (QED) is 0.721. The molecule has 0 radical (unpaired) electrons. The van der Waals surface area contributed by atoms with E-state index in [4.69, 9.17) is 4.74 Å². The zero-order valence-corrected chi connectivity index (χ0v) is 9.50. The molecule has 3 heteroatoms. The van der Waals surface area contributed by atoms with E-state index in [1.54, 1.807) is 0 Å². The van der Waals surface area contributed by atoms with Gasteiger partial charge in [0, 0.05) is 4.47 Å². The predicted octanol–water partition coefficient (Wildman–Crippen LogP) is 2.65. The van der Waals surface area contributed by atoms with Crippen LogP contribution in [0.2, 0.25) is 0 Å². The maximum absolute atomic E-state index is 11.4. The highest BCUT2D eigenvalue weighted by Gasteiger charge is 2.29. The fourth-order valence-corrected chi connectivity index (χ4v) is 2.38. The van der Waals surface area contributed by atoms with E-state index in [1.165, 1.54) is 12.7 Å². The summed E-state index contributed by atoms with van der Waals surface area (Å²) in [6.45, 7) is 0. The fraction of sp³-hybridized carbons (Fsp3) is 0.364. The molecule has 74 valence electrons. The molecule has 1 aromatic rings. The van der Waals surface area contributed by atoms with Crippen molar-refractivity contribution in [1.82, 2.24) is 0 Å². The summed E-state index contributed by atoms with van der Waals surface area (Å²) in [7, 11) is 1.44. The fourth-order valence-electron chi connectivity index (χ4n) is 1.97. The normalized spacial score (nSPS) is 19.1. The van der Waals surface area contributed by atoms with Crippen LogP contribution >= 0.6 is 15.9 Å². The topological polar surface area (TPSA) is 26.3 Å². The van der Waals surface area contributed by atoms with Crippen molar-refractivity contribution < 1.29 is 9.53 Å². The summed E-state index contributed by atoms with van der Waals surface area (Å²) in [6.07, 6.45) is 1.84. The van der Waals surface area contributed by atoms with Crippen molar-refractivity contribution in [2.45, 2.75) is 18.8 Å². The van der Waals surface area contributed by atoms with E-state index < -0.39 is 0 Å². The number of esters is 1. The molecule has 14 heavy (non-hydrogen) atoms. The summed E-state index contributed by atoms with van der Waals surface area (Å²) in [4.78, 5) is 11.4. The Kier molecular flexibility index (Phi) is 2.59. The van der Waals surface area contributed by atoms with Gasteiger partial charge in [-0.3, -0.25) is 4.79 Å². The second-order valence-electron chi connectivity index (χ2n) is 3.46. The van der Waals surface area contributed by atoms with Crippen LogP contribution in [0.15, 0.2) is 22.7 Å². The van der Waals surface area contributed by atoms with Gasteiger partial charge in [0.25, 0.3) is 0 Å². The van der Waals surface area contributed by atoms with Crippen LogP contribution in [0.25, 0.3) is 0 Å². The van der Waals surface area contributed by atoms with Crippen molar-refractivity contribution in [3.05, 3.63) is 33.8 Å². The monoisotopic (exact) mass is 254 g/mol. The molecule has 1 atom stereocenters. The van der Waals surface area contributed by atoms with E-state index in [2.05, 4.69) is 22.0 Å². The van der Waals surface area contributed by atoms with Crippen molar-refractivity contribution in [1.29, 1.82) is 0 Å². The van der Waals surface area contributed by atoms with Crippen LogP contribution in [0.3, 0.4) is 0 Å². The lowest BCUT2D eigenvalue weighted by molar-refractivity contribution is -0.142. The van der Waals surface area contributed by atoms with E-state index in [0.717, 1.165) is 22.9 Å². The molecule has 1 unspecified atom stereocenters. The van der Waals surface area contributed by atoms with E-state index in [1.807, 2.05) is 12.1 Å². The van der Waals surface area contributed by atoms with Gasteiger partial charge in [-0.15, -0.1) is 0 Å². The van der Waals surface area contributed by atoms with E-state index in [9.17, 15) is 4.79 Å². The zero-order valence-electron chi connectivity index (χ0n) is 7.92. The minimum Gasteiger partial charge on any atom is -0.469 e. The molecule has 0 N–H and O–H groups in total. The maximum atomic E-state index is 11.4. The van der Waals surface area contributed by atoms with Gasteiger partial charge in [-0.2, -0.15) is 0 Å². The number of halogens is 1. The summed E-state index contributed by atoms with van der Waals surface area (Å²) in [5.41, 5.74) is 2.38. The number of ether oxygens (including phenoxy) is 1. The molecule has 0 aliphatic heterocycles. The van der Waals surface area contributed by atoms with Crippen molar-refractivity contribution in [2.75, 3.05) is 7.11 Å². The van der Waals surface area contributed by atoms with Crippen molar-refractivity contribution in [3.8, 4) is 0 Å². The molecule has 0 bridgehead atoms. The third-order valence-corrected chi connectivity index (χ3v) is 3.16. The first kappa shape index (κ1) is 9.71. The van der Waals surface area contributed by atoms with Gasteiger partial charge in [0.2, 0.25) is 0 Å². The molecule has 0 saturated heterocycles. The summed E-state index contributed by atoms with van der Waals surface area (Å²) < 4.78 is 5.84. The predicted molar refractivity (Wildman–Crippen MR) is 57.2 cm³/mol. The van der Waals surface area contributed by atoms with Gasteiger partial charge in [-0.1, -0.05) is 22.0 Å². The number of aryl methyl sites for hydroxylation is 1. The number of carbonyl (C=O) groups is 1. The highest BCUT2D eigenvalue weighted by atomic mass is 79.9. The third-order valence-electron chi connectivity index (χ3n) is 2.67. The number of rotatable bonds is 1. The molecule has 2 rings (SSSR count). The Balaban J connectivity index is 2.35. The second-order valence-corrected chi connectivity index (χ2v) is 4.37. The first-order chi connectivity index (χ1) is 6.72. The van der Waals surface area contributed by atoms with Crippen LogP contribution in [-0.4, -0.2) is 13.1 Å². The highest BCUT2D eigenvalue weighted by Crippen LogP contribution is 2.35. The molecule has 0 heterocycles. The zero-order chi connectivity index (χ0) is 10.1. The van der Waals surface area contributed by atoms with Gasteiger partial charge in [-0.05, 0) is 36.1 Å². The minimum absolute atomic E-state index is 0.0527. The number of benzene rings is 1. The molecule has 0 spiro atoms. The average molecular weight is 255 g/mol. The lowest BCUT2D eigenvalue weighted by Gasteiger charge is -2.08. The van der Waals surface area contributed by atoms with Crippen molar-refractivity contribution >= 4 is 21.9 Å². The summed E-state index contributed by atoms with van der Waals surface area (Å²) in [5.74, 6) is -0.172. The second kappa shape index (κ2) is 3.73. The first-order valence-corrected chi connectivity index (χ1v) is 5.38. The van der Waals surface area contributed by atoms with Gasteiger partial charge >= 0.3 is 5.97 Å². The largest absolute Gasteiger partial charge is 0.469 e. The average Bonchev–Trinajstić information content (AvgIpc) is 2.59. The van der Waals surface area contributed by atoms with Crippen molar-refractivity contribution in [3.63, 3.8) is 0 Å². The first-order valence-electron chi connectivity index (χ1n) is 4.58. The number of hydrogen-bond acceptors (Lipinski definition) is 2. The van der Waals surface area contributed by atoms with Crippen LogP contribution in [0.1, 0.15) is 23.5 Å². The van der Waals surface area contributed by atoms with E-state index >= 15 is 0 Å². The Morgan fingerprint density at radius 3 is 3.07 bits per heavy atom. The van der Waals surface area contributed by atoms with Gasteiger partial charge in [-0.25, -0.2) is 0 Å². The van der Waals surface area contributed by atoms with Crippen LogP contribution in [0.4, 0.5) is 0 Å². The molecule has 2 nitrogen and oxygen atoms in total. The summed E-state index contributed by atoms with van der Waals surface area (Å²) >= 11 is 3.42. The van der Waals surface area contributed by atoms with E-state index in [0.29, 0.717) is 0 Å². The Morgan fingerprint density at radius 2 is 2.36 bits per heavy atom. The Bertz CT molecular complexity index is 374. The highest BCUT2D eigenvalue weighted by molar-refractivity contribution is 9.10. The number of fused-ring (bicyclic) bond motifs is 1. The molecule has 1 aliphatic rings. The van der Waals surface area contributed by atoms with Crippen LogP contribution < -0.4 is 0 Å². The molecular weight excluding hydrogens is 244 g/mol. The number of hydrogen-bond donors (Lipinski definition) is 0. The number of carbonyl (C=O) groups excluding carboxylic acids is 1. The molecule has 0 fully saturated rings. The van der Waals surface area contributed by atoms with Crippen LogP contribution in [-0.2, 0) is 16.0 Å². The smallest absolute Gasteiger partial charge is 0.313 e. The Labute approximate surface area is 91.4 Å². The maximum Gasteiger partial charge on any atom is 0.313 e. The molecule has 1 aromatic carbocycles. The molecule has 0 aromatic heterocycles. The number of methoxy groups -OCH3 is 1. The van der Waals surface area contributed by atoms with E-state index in [-0.39, 0.29) is 11.9 Å². The van der Waals surface area contributed by atoms with Gasteiger partial charge in [0.1, 0.15) is 0 Å². The Morgan fingerprint density at radius 1 is 1.57 bits per heavy atom. The minimum atomic E-state index is -0.119. The molecule has 0 saturated carbocycles. The standard InChI is InChI=1S/C11H11BrO2/c1-14-11(13)10-4-2-7-6-8(12)3-5-9(7)10/h3,5-6,10H,2,4H2,1H3. The lowest BCUT2D eigenvalue weighted by Crippen LogP contribution is -2.11. The molecular formula is C11H11BrO2. The lowest BCUT2D eigenvalue weighted by atomic mass is 10.0. The van der Waals surface area contributed by atoms with Gasteiger partial charge in [0.15, 0.2) is 0 Å². The molecule has 0 amide bonds. The SMILES string of the molecule is COC(=O)C1CCc2cc(Br)ccc21. The Hall–Kier alpha value is -0.830. The van der Waals surface area contributed by atoms with Crippen molar-refractivity contribution in [2.24, 2.45) is 0 Å². The van der Waals surface area contributed by atoms with Gasteiger partial charge in [0.05, 0.1) is 13.0 Å². The summed E-state index contributed by atoms with van der Waals surface area (Å²) in [5, 5.41) is 0.